The molecule has 7 heteroatoms. The van der Waals surface area contributed by atoms with Gasteiger partial charge < -0.3 is 0 Å². The van der Waals surface area contributed by atoms with Crippen molar-refractivity contribution in [2.45, 2.75) is 162 Å². The van der Waals surface area contributed by atoms with Crippen molar-refractivity contribution in [3.8, 4) is 0 Å². The summed E-state index contributed by atoms with van der Waals surface area (Å²) in [5, 5.41) is 16.8. The summed E-state index contributed by atoms with van der Waals surface area (Å²) in [6.07, 6.45) is 10.2. The van der Waals surface area contributed by atoms with Crippen LogP contribution < -0.4 is 0 Å². The van der Waals surface area contributed by atoms with E-state index >= 15 is 0 Å². The van der Waals surface area contributed by atoms with E-state index in [2.05, 4.69) is 133 Å². The van der Waals surface area contributed by atoms with Crippen molar-refractivity contribution in [1.29, 1.82) is 0 Å². The monoisotopic (exact) mass is 657 g/mol. The first-order valence-electron chi connectivity index (χ1n) is 17.7. The van der Waals surface area contributed by atoms with Crippen molar-refractivity contribution in [3.63, 3.8) is 0 Å². The van der Waals surface area contributed by atoms with E-state index in [0.29, 0.717) is 35.5 Å². The number of rotatable bonds is 18. The molecule has 0 radical (unpaired) electrons. The number of hydrogen-bond acceptors (Lipinski definition) is 3. The summed E-state index contributed by atoms with van der Waals surface area (Å²) >= 11 is 0.231. The van der Waals surface area contributed by atoms with Crippen LogP contribution in [-0.2, 0) is 19.6 Å². The Bertz CT molecular complexity index is 1240. The molecule has 3 heterocycles. The molecule has 45 heavy (non-hydrogen) atoms. The molecule has 0 amide bonds. The summed E-state index contributed by atoms with van der Waals surface area (Å²) in [5.41, 5.74) is 7.19. The van der Waals surface area contributed by atoms with E-state index in [1.807, 2.05) is 6.08 Å². The SMILES string of the molecule is C=CC=[CH][Mn][C](n1nc(C(C)CC)cc1C(C)CC)(n1nc(C(C)CC)cc1C(C)CC)n1nc(C(C)CC)cc1C(C)CC. The fraction of sp³-hybridized carbons (Fsp3) is 0.658. The van der Waals surface area contributed by atoms with Gasteiger partial charge >= 0.3 is 282 Å². The van der Waals surface area contributed by atoms with Gasteiger partial charge in [0.25, 0.3) is 0 Å². The van der Waals surface area contributed by atoms with E-state index in [9.17, 15) is 0 Å². The Morgan fingerprint density at radius 1 is 0.578 bits per heavy atom. The van der Waals surface area contributed by atoms with Crippen molar-refractivity contribution in [2.24, 2.45) is 0 Å². The minimum atomic E-state index is -0.831. The third kappa shape index (κ3) is 7.46. The van der Waals surface area contributed by atoms with Crippen LogP contribution in [0.3, 0.4) is 0 Å². The molecule has 6 atom stereocenters. The van der Waals surface area contributed by atoms with Crippen molar-refractivity contribution < 1.29 is 15.0 Å². The second kappa shape index (κ2) is 16.5. The predicted octanol–water partition coefficient (Wildman–Crippen LogP) is 10.8. The summed E-state index contributed by atoms with van der Waals surface area (Å²) in [5.74, 6) is 2.00. The Morgan fingerprint density at radius 3 is 1.11 bits per heavy atom. The van der Waals surface area contributed by atoms with Crippen LogP contribution >= 0.6 is 0 Å². The molecule has 0 aliphatic heterocycles. The Labute approximate surface area is 281 Å². The average molecular weight is 658 g/mol. The van der Waals surface area contributed by atoms with Crippen LogP contribution in [0.25, 0.3) is 0 Å². The Kier molecular flexibility index (Phi) is 13.6. The fourth-order valence-corrected chi connectivity index (χ4v) is 7.14. The maximum absolute atomic E-state index is 5.60. The van der Waals surface area contributed by atoms with Gasteiger partial charge in [0.2, 0.25) is 0 Å². The zero-order valence-electron chi connectivity index (χ0n) is 30.4. The van der Waals surface area contributed by atoms with E-state index < -0.39 is 4.69 Å². The molecule has 251 valence electrons. The van der Waals surface area contributed by atoms with Crippen molar-refractivity contribution >= 4 is 0 Å². The molecule has 0 spiro atoms. The first-order valence-corrected chi connectivity index (χ1v) is 19.0. The summed E-state index contributed by atoms with van der Waals surface area (Å²) in [6.45, 7) is 31.6. The summed E-state index contributed by atoms with van der Waals surface area (Å²) in [7, 11) is 0. The molecule has 3 rings (SSSR count). The zero-order chi connectivity index (χ0) is 33.5. The van der Waals surface area contributed by atoms with Crippen LogP contribution in [0.5, 0.6) is 0 Å². The van der Waals surface area contributed by atoms with E-state index in [-0.39, 0.29) is 15.0 Å². The third-order valence-corrected chi connectivity index (χ3v) is 11.8. The molecule has 0 aliphatic carbocycles. The standard InChI is InChI=1S/C34H57N6.C4H5.Mn/c1-13-22(7)28-19-31(25(10)16-4)38(35-28)34(39-32(26(11)17-5)20-29(36-39)23(8)14-2)40-33(27(12)18-6)21-30(37-40)24(9)15-3;1-3-4-2;/h19-27H,13-18H2,1-12H3;1,3-4H,2H2;. The van der Waals surface area contributed by atoms with Crippen LogP contribution in [0.1, 0.15) is 191 Å². The van der Waals surface area contributed by atoms with Gasteiger partial charge in [0.1, 0.15) is 0 Å². The number of aromatic nitrogens is 6. The molecule has 3 aromatic heterocycles. The average Bonchev–Trinajstić information content (AvgIpc) is 3.83. The van der Waals surface area contributed by atoms with Gasteiger partial charge in [-0.15, -0.1) is 0 Å². The van der Waals surface area contributed by atoms with E-state index in [1.54, 1.807) is 0 Å². The van der Waals surface area contributed by atoms with Crippen LogP contribution in [0.4, 0.5) is 0 Å². The Morgan fingerprint density at radius 2 is 0.867 bits per heavy atom. The number of allylic oxidation sites excluding steroid dienone is 2. The fourth-order valence-electron chi connectivity index (χ4n) is 5.54. The number of nitrogens with zero attached hydrogens (tertiary/aromatic N) is 6. The second-order valence-corrected chi connectivity index (χ2v) is 14.8. The predicted molar refractivity (Wildman–Crippen MR) is 187 cm³/mol. The molecule has 0 saturated heterocycles. The van der Waals surface area contributed by atoms with Crippen molar-refractivity contribution in [3.05, 3.63) is 76.1 Å². The van der Waals surface area contributed by atoms with E-state index in [4.69, 9.17) is 15.3 Å². The quantitative estimate of drug-likeness (QED) is 0.101. The topological polar surface area (TPSA) is 53.5 Å². The Balaban J connectivity index is 2.70. The molecule has 6 nitrogen and oxygen atoms in total. The van der Waals surface area contributed by atoms with E-state index in [0.717, 1.165) is 55.6 Å². The molecule has 0 bridgehead atoms. The van der Waals surface area contributed by atoms with Crippen LogP contribution in [0.15, 0.2) is 41.9 Å². The molecule has 3 aromatic rings. The summed E-state index contributed by atoms with van der Waals surface area (Å²) in [6, 6.07) is 7.13. The molecule has 0 aromatic carbocycles. The molecule has 0 N–H and O–H groups in total. The zero-order valence-corrected chi connectivity index (χ0v) is 31.6. The van der Waals surface area contributed by atoms with Gasteiger partial charge in [0, 0.05) is 0 Å². The Hall–Kier alpha value is -2.37. The summed E-state index contributed by atoms with van der Waals surface area (Å²) < 4.78 is 6.24. The van der Waals surface area contributed by atoms with Crippen LogP contribution in [0, 0.1) is 0 Å². The maximum atomic E-state index is 5.60. The first-order chi connectivity index (χ1) is 21.5. The minimum absolute atomic E-state index is 0.231. The van der Waals surface area contributed by atoms with Gasteiger partial charge in [-0.05, 0) is 0 Å². The summed E-state index contributed by atoms with van der Waals surface area (Å²) in [4.78, 5) is 2.28. The third-order valence-electron chi connectivity index (χ3n) is 10.2. The van der Waals surface area contributed by atoms with E-state index in [1.165, 1.54) is 17.1 Å². The molecule has 6 unspecified atom stereocenters. The normalized spacial score (nSPS) is 17.6. The van der Waals surface area contributed by atoms with Crippen molar-refractivity contribution in [1.82, 2.24) is 29.3 Å². The van der Waals surface area contributed by atoms with Gasteiger partial charge in [-0.3, -0.25) is 0 Å². The van der Waals surface area contributed by atoms with Gasteiger partial charge in [0.05, 0.1) is 0 Å². The second-order valence-electron chi connectivity index (χ2n) is 13.3. The molecular weight excluding hydrogens is 595 g/mol. The van der Waals surface area contributed by atoms with Crippen LogP contribution in [-0.4, -0.2) is 29.3 Å². The molecule has 0 fully saturated rings. The molecular formula is C38H62MnN6. The molecule has 0 saturated carbocycles. The van der Waals surface area contributed by atoms with Gasteiger partial charge in [-0.2, -0.15) is 0 Å². The number of hydrogen-bond donors (Lipinski definition) is 0. The van der Waals surface area contributed by atoms with Gasteiger partial charge in [-0.25, -0.2) is 0 Å². The van der Waals surface area contributed by atoms with Crippen LogP contribution in [0.2, 0.25) is 0 Å². The van der Waals surface area contributed by atoms with Gasteiger partial charge in [0.15, 0.2) is 0 Å². The molecule has 0 aliphatic rings. The van der Waals surface area contributed by atoms with Crippen molar-refractivity contribution in [2.75, 3.05) is 0 Å². The first kappa shape index (κ1) is 37.1. The van der Waals surface area contributed by atoms with Gasteiger partial charge in [-0.1, -0.05) is 0 Å².